The molecule has 1 saturated heterocycles. The molecular formula is C20H20N2O3. The summed E-state index contributed by atoms with van der Waals surface area (Å²) in [5.74, 6) is 0.738. The normalized spacial score (nSPS) is 14.7. The number of nitrogens with zero attached hydrogens (tertiary/aromatic N) is 1. The number of nitrogens with one attached hydrogen (secondary N) is 1. The van der Waals surface area contributed by atoms with E-state index in [0.29, 0.717) is 5.39 Å². The fraction of sp³-hybridized carbons (Fsp3) is 0.250. The predicted molar refractivity (Wildman–Crippen MR) is 99.6 cm³/mol. The van der Waals surface area contributed by atoms with Crippen LogP contribution in [-0.4, -0.2) is 38.4 Å². The van der Waals surface area contributed by atoms with Crippen molar-refractivity contribution in [1.29, 1.82) is 0 Å². The third-order valence-corrected chi connectivity index (χ3v) is 4.60. The maximum Gasteiger partial charge on any atom is 0.256 e. The standard InChI is InChI=1S/C20H20N2O3/c1-24-19-5-3-2-4-16(19)18-12-14-6-7-15(13-17(14)20(23)21-18)22-8-10-25-11-9-22/h2-7,12-13H,8-11H2,1H3,(H,21,23). The van der Waals surface area contributed by atoms with Gasteiger partial charge in [-0.05, 0) is 35.7 Å². The number of anilines is 1. The van der Waals surface area contributed by atoms with Gasteiger partial charge in [0, 0.05) is 29.7 Å². The molecule has 0 saturated carbocycles. The van der Waals surface area contributed by atoms with Gasteiger partial charge >= 0.3 is 0 Å². The average Bonchev–Trinajstić information content (AvgIpc) is 2.68. The number of H-pyrrole nitrogens is 1. The van der Waals surface area contributed by atoms with Crippen molar-refractivity contribution in [3.63, 3.8) is 0 Å². The predicted octanol–water partition coefficient (Wildman–Crippen LogP) is 3.04. The number of morpholine rings is 1. The Hall–Kier alpha value is -2.79. The Morgan fingerprint density at radius 3 is 2.68 bits per heavy atom. The number of para-hydroxylation sites is 1. The fourth-order valence-corrected chi connectivity index (χ4v) is 3.28. The molecule has 1 N–H and O–H groups in total. The average molecular weight is 336 g/mol. The number of ether oxygens (including phenoxy) is 2. The van der Waals surface area contributed by atoms with Gasteiger partial charge in [-0.2, -0.15) is 0 Å². The van der Waals surface area contributed by atoms with Crippen molar-refractivity contribution < 1.29 is 9.47 Å². The molecule has 0 spiro atoms. The van der Waals surface area contributed by atoms with E-state index in [2.05, 4.69) is 16.0 Å². The molecule has 0 unspecified atom stereocenters. The van der Waals surface area contributed by atoms with Crippen LogP contribution in [0.1, 0.15) is 0 Å². The van der Waals surface area contributed by atoms with Crippen molar-refractivity contribution in [2.75, 3.05) is 38.3 Å². The molecule has 1 aliphatic rings. The lowest BCUT2D eigenvalue weighted by atomic mass is 10.1. The van der Waals surface area contributed by atoms with Gasteiger partial charge in [-0.15, -0.1) is 0 Å². The highest BCUT2D eigenvalue weighted by Gasteiger charge is 2.13. The topological polar surface area (TPSA) is 54.6 Å². The lowest BCUT2D eigenvalue weighted by Crippen LogP contribution is -2.36. The molecule has 4 rings (SSSR count). The van der Waals surface area contributed by atoms with Crippen LogP contribution in [0, 0.1) is 0 Å². The summed E-state index contributed by atoms with van der Waals surface area (Å²) < 4.78 is 10.8. The molecule has 0 bridgehead atoms. The van der Waals surface area contributed by atoms with Crippen LogP contribution < -0.4 is 15.2 Å². The third kappa shape index (κ3) is 2.98. The first-order valence-electron chi connectivity index (χ1n) is 8.39. The van der Waals surface area contributed by atoms with Gasteiger partial charge < -0.3 is 19.4 Å². The van der Waals surface area contributed by atoms with Crippen molar-refractivity contribution in [3.8, 4) is 17.0 Å². The number of aromatic nitrogens is 1. The van der Waals surface area contributed by atoms with Crippen LogP contribution in [0.3, 0.4) is 0 Å². The quantitative estimate of drug-likeness (QED) is 0.799. The largest absolute Gasteiger partial charge is 0.496 e. The molecule has 1 aliphatic heterocycles. The van der Waals surface area contributed by atoms with Crippen LogP contribution in [0.4, 0.5) is 5.69 Å². The van der Waals surface area contributed by atoms with E-state index in [1.54, 1.807) is 7.11 Å². The van der Waals surface area contributed by atoms with Crippen LogP contribution in [0.5, 0.6) is 5.75 Å². The van der Waals surface area contributed by atoms with Crippen LogP contribution in [0.15, 0.2) is 53.3 Å². The summed E-state index contributed by atoms with van der Waals surface area (Å²) in [5.41, 5.74) is 2.61. The smallest absolute Gasteiger partial charge is 0.256 e. The summed E-state index contributed by atoms with van der Waals surface area (Å²) in [6.07, 6.45) is 0. The van der Waals surface area contributed by atoms with Crippen LogP contribution in [0.25, 0.3) is 22.0 Å². The van der Waals surface area contributed by atoms with Crippen molar-refractivity contribution in [1.82, 2.24) is 4.98 Å². The maximum absolute atomic E-state index is 12.7. The molecule has 5 nitrogen and oxygen atoms in total. The number of pyridine rings is 1. The van der Waals surface area contributed by atoms with Crippen LogP contribution in [0.2, 0.25) is 0 Å². The minimum Gasteiger partial charge on any atom is -0.496 e. The van der Waals surface area contributed by atoms with E-state index in [4.69, 9.17) is 9.47 Å². The molecule has 0 amide bonds. The highest BCUT2D eigenvalue weighted by molar-refractivity contribution is 5.88. The molecule has 0 aliphatic carbocycles. The van der Waals surface area contributed by atoms with E-state index in [9.17, 15) is 4.79 Å². The molecule has 1 fully saturated rings. The second-order valence-corrected chi connectivity index (χ2v) is 6.08. The Labute approximate surface area is 145 Å². The van der Waals surface area contributed by atoms with Crippen molar-refractivity contribution in [2.45, 2.75) is 0 Å². The number of hydrogen-bond acceptors (Lipinski definition) is 4. The summed E-state index contributed by atoms with van der Waals surface area (Å²) >= 11 is 0. The summed E-state index contributed by atoms with van der Waals surface area (Å²) in [4.78, 5) is 17.9. The number of benzene rings is 2. The molecule has 2 aromatic carbocycles. The van der Waals surface area contributed by atoms with E-state index < -0.39 is 0 Å². The monoisotopic (exact) mass is 336 g/mol. The molecule has 1 aromatic heterocycles. The highest BCUT2D eigenvalue weighted by atomic mass is 16.5. The Balaban J connectivity index is 1.79. The zero-order chi connectivity index (χ0) is 17.2. The number of aromatic amines is 1. The molecule has 5 heteroatoms. The van der Waals surface area contributed by atoms with Gasteiger partial charge in [-0.25, -0.2) is 0 Å². The molecule has 128 valence electrons. The van der Waals surface area contributed by atoms with Gasteiger partial charge in [0.2, 0.25) is 0 Å². The van der Waals surface area contributed by atoms with Gasteiger partial charge in [-0.1, -0.05) is 18.2 Å². The zero-order valence-corrected chi connectivity index (χ0v) is 14.1. The summed E-state index contributed by atoms with van der Waals surface area (Å²) in [7, 11) is 1.63. The number of rotatable bonds is 3. The molecule has 2 heterocycles. The summed E-state index contributed by atoms with van der Waals surface area (Å²) in [6, 6.07) is 15.7. The van der Waals surface area contributed by atoms with Gasteiger partial charge in [0.05, 0.1) is 26.0 Å². The van der Waals surface area contributed by atoms with Crippen molar-refractivity contribution in [3.05, 3.63) is 58.9 Å². The fourth-order valence-electron chi connectivity index (χ4n) is 3.28. The van der Waals surface area contributed by atoms with E-state index in [1.165, 1.54) is 0 Å². The lowest BCUT2D eigenvalue weighted by molar-refractivity contribution is 0.122. The summed E-state index contributed by atoms with van der Waals surface area (Å²) in [6.45, 7) is 3.15. The second kappa shape index (κ2) is 6.61. The first kappa shape index (κ1) is 15.7. The third-order valence-electron chi connectivity index (χ3n) is 4.60. The first-order chi connectivity index (χ1) is 12.3. The van der Waals surface area contributed by atoms with E-state index in [0.717, 1.165) is 54.4 Å². The van der Waals surface area contributed by atoms with Crippen LogP contribution in [-0.2, 0) is 4.74 Å². The molecule has 0 radical (unpaired) electrons. The molecule has 0 atom stereocenters. The molecular weight excluding hydrogens is 316 g/mol. The zero-order valence-electron chi connectivity index (χ0n) is 14.1. The van der Waals surface area contributed by atoms with Gasteiger partial charge in [0.15, 0.2) is 0 Å². The van der Waals surface area contributed by atoms with Crippen molar-refractivity contribution in [2.24, 2.45) is 0 Å². The summed E-state index contributed by atoms with van der Waals surface area (Å²) in [5, 5.41) is 1.62. The Bertz CT molecular complexity index is 959. The van der Waals surface area contributed by atoms with E-state index in [1.807, 2.05) is 42.5 Å². The number of fused-ring (bicyclic) bond motifs is 1. The van der Waals surface area contributed by atoms with Gasteiger partial charge in [0.1, 0.15) is 5.75 Å². The van der Waals surface area contributed by atoms with Crippen LogP contribution >= 0.6 is 0 Å². The SMILES string of the molecule is COc1ccccc1-c1cc2ccc(N3CCOCC3)cc2c(=O)[nH]1. The van der Waals surface area contributed by atoms with Gasteiger partial charge in [0.25, 0.3) is 5.56 Å². The second-order valence-electron chi connectivity index (χ2n) is 6.08. The lowest BCUT2D eigenvalue weighted by Gasteiger charge is -2.29. The Morgan fingerprint density at radius 2 is 1.88 bits per heavy atom. The van der Waals surface area contributed by atoms with Gasteiger partial charge in [-0.3, -0.25) is 4.79 Å². The highest BCUT2D eigenvalue weighted by Crippen LogP contribution is 2.30. The minimum atomic E-state index is -0.0893. The van der Waals surface area contributed by atoms with E-state index in [-0.39, 0.29) is 5.56 Å². The first-order valence-corrected chi connectivity index (χ1v) is 8.39. The Morgan fingerprint density at radius 1 is 1.08 bits per heavy atom. The number of methoxy groups -OCH3 is 1. The maximum atomic E-state index is 12.7. The number of hydrogen-bond donors (Lipinski definition) is 1. The molecule has 3 aromatic rings. The van der Waals surface area contributed by atoms with Crippen molar-refractivity contribution >= 4 is 16.5 Å². The van der Waals surface area contributed by atoms with E-state index >= 15 is 0 Å². The minimum absolute atomic E-state index is 0.0893. The Kier molecular flexibility index (Phi) is 4.15. The molecule has 25 heavy (non-hydrogen) atoms.